The van der Waals surface area contributed by atoms with Crippen LogP contribution >= 0.6 is 11.8 Å². The third-order valence-electron chi connectivity index (χ3n) is 5.14. The van der Waals surface area contributed by atoms with E-state index in [0.29, 0.717) is 12.4 Å². The zero-order valence-electron chi connectivity index (χ0n) is 16.1. The molecule has 0 radical (unpaired) electrons. The van der Waals surface area contributed by atoms with Crippen molar-refractivity contribution in [1.82, 2.24) is 20.5 Å². The minimum atomic E-state index is 0.195. The molecule has 0 saturated carbocycles. The Balaban J connectivity index is 1.63. The summed E-state index contributed by atoms with van der Waals surface area (Å²) in [4.78, 5) is 11.7. The van der Waals surface area contributed by atoms with Crippen molar-refractivity contribution >= 4 is 17.7 Å². The van der Waals surface area contributed by atoms with Crippen molar-refractivity contribution in [2.75, 3.05) is 50.9 Å². The van der Waals surface area contributed by atoms with Gasteiger partial charge in [-0.05, 0) is 32.9 Å². The Bertz CT molecular complexity index is 587. The molecule has 2 fully saturated rings. The van der Waals surface area contributed by atoms with E-state index in [1.807, 2.05) is 25.6 Å². The van der Waals surface area contributed by atoms with Gasteiger partial charge in [0.1, 0.15) is 12.3 Å². The van der Waals surface area contributed by atoms with Crippen LogP contribution in [0.2, 0.25) is 0 Å². The quantitative estimate of drug-likeness (QED) is 0.572. The summed E-state index contributed by atoms with van der Waals surface area (Å²) < 4.78 is 11.2. The topological polar surface area (TPSA) is 74.9 Å². The van der Waals surface area contributed by atoms with Gasteiger partial charge < -0.3 is 19.8 Å². The third kappa shape index (κ3) is 4.72. The smallest absolute Gasteiger partial charge is 0.216 e. The molecule has 2 aliphatic heterocycles. The van der Waals surface area contributed by atoms with Crippen LogP contribution in [-0.2, 0) is 11.3 Å². The number of hydrogen-bond donors (Lipinski definition) is 2. The number of oxazole rings is 1. The summed E-state index contributed by atoms with van der Waals surface area (Å²) in [6.07, 6.45) is 1.21. The first-order valence-corrected chi connectivity index (χ1v) is 10.6. The Kier molecular flexibility index (Phi) is 6.83. The number of morpholine rings is 1. The van der Waals surface area contributed by atoms with E-state index in [9.17, 15) is 0 Å². The van der Waals surface area contributed by atoms with Crippen LogP contribution in [0.4, 0.5) is 0 Å². The number of aromatic nitrogens is 1. The number of nitrogens with zero attached hydrogens (tertiary/aromatic N) is 3. The van der Waals surface area contributed by atoms with Gasteiger partial charge in [-0.15, -0.1) is 0 Å². The zero-order chi connectivity index (χ0) is 18.4. The van der Waals surface area contributed by atoms with Gasteiger partial charge in [0.05, 0.1) is 18.9 Å². The van der Waals surface area contributed by atoms with Gasteiger partial charge in [-0.2, -0.15) is 11.8 Å². The van der Waals surface area contributed by atoms with Gasteiger partial charge in [0.25, 0.3) is 0 Å². The number of hydrogen-bond acceptors (Lipinski definition) is 6. The first kappa shape index (κ1) is 19.5. The molecule has 1 atom stereocenters. The fourth-order valence-electron chi connectivity index (χ4n) is 3.48. The normalized spacial score (nSPS) is 24.8. The Hall–Kier alpha value is -1.25. The second-order valence-corrected chi connectivity index (χ2v) is 8.03. The Morgan fingerprint density at radius 1 is 1.31 bits per heavy atom. The van der Waals surface area contributed by atoms with E-state index in [2.05, 4.69) is 32.4 Å². The lowest BCUT2D eigenvalue weighted by atomic mass is 9.95. The largest absolute Gasteiger partial charge is 0.444 e. The second kappa shape index (κ2) is 9.10. The molecule has 0 aliphatic carbocycles. The van der Waals surface area contributed by atoms with Crippen LogP contribution in [0, 0.1) is 13.8 Å². The molecule has 3 heterocycles. The van der Waals surface area contributed by atoms with Gasteiger partial charge in [0.15, 0.2) is 5.96 Å². The average molecular weight is 382 g/mol. The summed E-state index contributed by atoms with van der Waals surface area (Å²) in [6, 6.07) is 0. The van der Waals surface area contributed by atoms with E-state index in [1.54, 1.807) is 0 Å². The lowest BCUT2D eigenvalue weighted by Crippen LogP contribution is -2.60. The number of nitrogens with one attached hydrogen (secondary N) is 2. The van der Waals surface area contributed by atoms with Crippen molar-refractivity contribution in [2.24, 2.45) is 4.99 Å². The summed E-state index contributed by atoms with van der Waals surface area (Å²) >= 11 is 2.05. The maximum Gasteiger partial charge on any atom is 0.216 e. The maximum atomic E-state index is 5.64. The highest BCUT2D eigenvalue weighted by Gasteiger charge is 2.40. The molecule has 0 aromatic carbocycles. The molecule has 7 nitrogen and oxygen atoms in total. The summed E-state index contributed by atoms with van der Waals surface area (Å²) in [5.41, 5.74) is 1.13. The number of aliphatic imine (C=N–C) groups is 1. The Labute approximate surface area is 160 Å². The van der Waals surface area contributed by atoms with Gasteiger partial charge >= 0.3 is 0 Å². The lowest BCUT2D eigenvalue weighted by molar-refractivity contribution is -0.0120. The highest BCUT2D eigenvalue weighted by molar-refractivity contribution is 7.99. The van der Waals surface area contributed by atoms with Crippen molar-refractivity contribution in [2.45, 2.75) is 39.3 Å². The van der Waals surface area contributed by atoms with Crippen molar-refractivity contribution in [3.8, 4) is 0 Å². The van der Waals surface area contributed by atoms with E-state index in [4.69, 9.17) is 9.15 Å². The van der Waals surface area contributed by atoms with Crippen molar-refractivity contribution in [1.29, 1.82) is 0 Å². The number of ether oxygens (including phenoxy) is 1. The highest BCUT2D eigenvalue weighted by Crippen LogP contribution is 2.33. The maximum absolute atomic E-state index is 5.64. The summed E-state index contributed by atoms with van der Waals surface area (Å²) in [6.45, 7) is 11.9. The van der Waals surface area contributed by atoms with Crippen LogP contribution in [0.5, 0.6) is 0 Å². The highest BCUT2D eigenvalue weighted by atomic mass is 32.2. The number of rotatable bonds is 6. The van der Waals surface area contributed by atoms with Crippen LogP contribution in [-0.4, -0.2) is 72.3 Å². The minimum absolute atomic E-state index is 0.195. The number of thioether (sulfide) groups is 1. The van der Waals surface area contributed by atoms with E-state index in [-0.39, 0.29) is 5.54 Å². The Morgan fingerprint density at radius 2 is 2.12 bits per heavy atom. The molecular weight excluding hydrogens is 350 g/mol. The fourth-order valence-corrected chi connectivity index (χ4v) is 4.96. The zero-order valence-corrected chi connectivity index (χ0v) is 17.0. The molecule has 0 spiro atoms. The van der Waals surface area contributed by atoms with Crippen LogP contribution in [0.1, 0.15) is 30.7 Å². The van der Waals surface area contributed by atoms with Crippen LogP contribution in [0.3, 0.4) is 0 Å². The average Bonchev–Trinajstić information content (AvgIpc) is 3.26. The molecule has 0 amide bonds. The molecule has 0 bridgehead atoms. The summed E-state index contributed by atoms with van der Waals surface area (Å²) in [7, 11) is 0. The molecule has 146 valence electrons. The molecule has 1 aromatic rings. The van der Waals surface area contributed by atoms with Gasteiger partial charge in [0.2, 0.25) is 5.89 Å². The second-order valence-electron chi connectivity index (χ2n) is 6.92. The monoisotopic (exact) mass is 381 g/mol. The molecule has 2 N–H and O–H groups in total. The Morgan fingerprint density at radius 3 is 2.73 bits per heavy atom. The molecule has 1 aromatic heterocycles. The molecule has 26 heavy (non-hydrogen) atoms. The van der Waals surface area contributed by atoms with Gasteiger partial charge in [-0.25, -0.2) is 9.98 Å². The van der Waals surface area contributed by atoms with E-state index < -0.39 is 0 Å². The number of guanidine groups is 1. The van der Waals surface area contributed by atoms with Gasteiger partial charge in [-0.1, -0.05) is 0 Å². The SMILES string of the molecule is CCNC(=NCc1nc(C)c(C)o1)NCC1(N2CCOCC2)CCSC1. The molecule has 3 rings (SSSR count). The van der Waals surface area contributed by atoms with Crippen LogP contribution in [0.25, 0.3) is 0 Å². The van der Waals surface area contributed by atoms with Gasteiger partial charge in [0, 0.05) is 37.5 Å². The summed E-state index contributed by atoms with van der Waals surface area (Å²) in [5.74, 6) is 4.74. The first-order chi connectivity index (χ1) is 12.6. The molecular formula is C18H31N5O2S. The number of aryl methyl sites for hydroxylation is 2. The molecule has 2 aliphatic rings. The van der Waals surface area contributed by atoms with Crippen LogP contribution < -0.4 is 10.6 Å². The lowest BCUT2D eigenvalue weighted by Gasteiger charge is -2.43. The predicted octanol–water partition coefficient (Wildman–Crippen LogP) is 1.55. The van der Waals surface area contributed by atoms with Crippen molar-refractivity contribution < 1.29 is 9.15 Å². The molecule has 1 unspecified atom stereocenters. The van der Waals surface area contributed by atoms with Crippen molar-refractivity contribution in [3.05, 3.63) is 17.3 Å². The standard InChI is InChI=1S/C18H31N5O2S/c1-4-19-17(20-11-16-22-14(2)15(3)25-16)21-12-18(5-10-26-13-18)23-6-8-24-9-7-23/h4-13H2,1-3H3,(H2,19,20,21). The van der Waals surface area contributed by atoms with E-state index in [1.165, 1.54) is 12.2 Å². The van der Waals surface area contributed by atoms with Crippen molar-refractivity contribution in [3.63, 3.8) is 0 Å². The first-order valence-electron chi connectivity index (χ1n) is 9.48. The fraction of sp³-hybridized carbons (Fsp3) is 0.778. The van der Waals surface area contributed by atoms with E-state index in [0.717, 1.165) is 62.6 Å². The minimum Gasteiger partial charge on any atom is -0.444 e. The third-order valence-corrected chi connectivity index (χ3v) is 6.37. The van der Waals surface area contributed by atoms with Crippen LogP contribution in [0.15, 0.2) is 9.41 Å². The molecule has 2 saturated heterocycles. The van der Waals surface area contributed by atoms with Gasteiger partial charge in [-0.3, -0.25) is 4.90 Å². The molecule has 8 heteroatoms. The predicted molar refractivity (Wildman–Crippen MR) is 106 cm³/mol. The van der Waals surface area contributed by atoms with E-state index >= 15 is 0 Å². The summed E-state index contributed by atoms with van der Waals surface area (Å²) in [5, 5.41) is 6.90.